The molecule has 0 aliphatic heterocycles. The van der Waals surface area contributed by atoms with Gasteiger partial charge in [-0.15, -0.1) is 0 Å². The Morgan fingerprint density at radius 2 is 1.73 bits per heavy atom. The van der Waals surface area contributed by atoms with Gasteiger partial charge in [0.1, 0.15) is 0 Å². The third-order valence-corrected chi connectivity index (χ3v) is 3.30. The highest BCUT2D eigenvalue weighted by atomic mass is 16.5. The number of carbonyl (C=O) groups excluding carboxylic acids is 2. The van der Waals surface area contributed by atoms with Crippen molar-refractivity contribution in [1.29, 1.82) is 0 Å². The average molecular weight is 307 g/mol. The van der Waals surface area contributed by atoms with E-state index in [4.69, 9.17) is 10.5 Å². The number of carbonyl (C=O) groups is 2. The summed E-state index contributed by atoms with van der Waals surface area (Å²) in [6.45, 7) is 3.52. The van der Waals surface area contributed by atoms with E-state index in [1.165, 1.54) is 7.11 Å². The molecule has 1 aromatic carbocycles. The van der Waals surface area contributed by atoms with Crippen LogP contribution in [0.2, 0.25) is 0 Å². The Balaban J connectivity index is 3.22. The minimum atomic E-state index is -1.74. The van der Waals surface area contributed by atoms with E-state index in [9.17, 15) is 19.8 Å². The molecule has 0 fully saturated rings. The average Bonchev–Trinajstić information content (AvgIpc) is 2.45. The maximum absolute atomic E-state index is 12.0. The Hall–Kier alpha value is -2.18. The van der Waals surface area contributed by atoms with Crippen molar-refractivity contribution >= 4 is 11.9 Å². The van der Waals surface area contributed by atoms with Crippen molar-refractivity contribution in [2.45, 2.75) is 26.6 Å². The number of primary amides is 1. The molecule has 0 atom stereocenters. The molecule has 1 amide bonds. The number of hydrogen-bond donors (Lipinski definition) is 3. The van der Waals surface area contributed by atoms with E-state index in [1.54, 1.807) is 38.1 Å². The zero-order valence-corrected chi connectivity index (χ0v) is 12.9. The lowest BCUT2D eigenvalue weighted by Crippen LogP contribution is -2.22. The van der Waals surface area contributed by atoms with E-state index < -0.39 is 18.2 Å². The van der Waals surface area contributed by atoms with Crippen LogP contribution in [-0.2, 0) is 16.0 Å². The van der Waals surface area contributed by atoms with Gasteiger partial charge in [0.05, 0.1) is 7.11 Å². The Kier molecular flexibility index (Phi) is 6.27. The molecule has 0 saturated heterocycles. The zero-order valence-electron chi connectivity index (χ0n) is 12.9. The van der Waals surface area contributed by atoms with E-state index in [0.29, 0.717) is 5.56 Å². The fourth-order valence-corrected chi connectivity index (χ4v) is 2.21. The number of aliphatic hydroxyl groups excluding tert-OH is 1. The summed E-state index contributed by atoms with van der Waals surface area (Å²) in [6.07, 6.45) is -1.57. The molecule has 0 spiro atoms. The molecule has 0 aliphatic carbocycles. The van der Waals surface area contributed by atoms with Gasteiger partial charge in [0.2, 0.25) is 5.91 Å². The lowest BCUT2D eigenvalue weighted by molar-refractivity contribution is -0.136. The summed E-state index contributed by atoms with van der Waals surface area (Å²) in [5.74, 6) is -1.39. The fourth-order valence-electron chi connectivity index (χ4n) is 2.21. The van der Waals surface area contributed by atoms with Gasteiger partial charge in [-0.25, -0.2) is 4.79 Å². The molecule has 4 N–H and O–H groups in total. The summed E-state index contributed by atoms with van der Waals surface area (Å²) in [5, 5.41) is 19.0. The maximum atomic E-state index is 12.0. The molecule has 1 aromatic rings. The molecule has 0 saturated carbocycles. The van der Waals surface area contributed by atoms with E-state index >= 15 is 0 Å². The number of rotatable bonds is 6. The van der Waals surface area contributed by atoms with E-state index in [-0.39, 0.29) is 23.5 Å². The molecule has 22 heavy (non-hydrogen) atoms. The van der Waals surface area contributed by atoms with Crippen LogP contribution < -0.4 is 5.73 Å². The maximum Gasteiger partial charge on any atom is 0.334 e. The van der Waals surface area contributed by atoms with Crippen LogP contribution in [0.15, 0.2) is 35.4 Å². The smallest absolute Gasteiger partial charge is 0.334 e. The van der Waals surface area contributed by atoms with Crippen LogP contribution in [-0.4, -0.2) is 35.5 Å². The molecule has 0 radical (unpaired) electrons. The highest BCUT2D eigenvalue weighted by Crippen LogP contribution is 2.22. The number of hydrogen-bond acceptors (Lipinski definition) is 5. The molecule has 0 aromatic heterocycles. The van der Waals surface area contributed by atoms with Crippen molar-refractivity contribution in [2.24, 2.45) is 11.7 Å². The van der Waals surface area contributed by atoms with Gasteiger partial charge in [-0.05, 0) is 29.2 Å². The number of ether oxygens (including phenoxy) is 1. The first-order chi connectivity index (χ1) is 10.3. The number of benzene rings is 1. The largest absolute Gasteiger partial charge is 0.466 e. The molecular weight excluding hydrogens is 286 g/mol. The van der Waals surface area contributed by atoms with Crippen LogP contribution in [0.5, 0.6) is 0 Å². The molecule has 0 heterocycles. The standard InChI is InChI=1S/C16H21NO5/c1-9(2)13(15(19)20)12(16(21)22-3)8-10-4-6-11(7-5-10)14(17)18/h4-7,9,15,19-20H,8H2,1-3H3,(H2,17,18)/b13-12-. The topological polar surface area (TPSA) is 110 Å². The van der Waals surface area contributed by atoms with Gasteiger partial charge >= 0.3 is 5.97 Å². The van der Waals surface area contributed by atoms with Crippen molar-refractivity contribution < 1.29 is 24.5 Å². The SMILES string of the molecule is COC(=O)/C(Cc1ccc(C(N)=O)cc1)=C(/C(C)C)C(O)O. The molecule has 6 nitrogen and oxygen atoms in total. The first-order valence-corrected chi connectivity index (χ1v) is 6.84. The second kappa shape index (κ2) is 7.72. The van der Waals surface area contributed by atoms with Crippen LogP contribution >= 0.6 is 0 Å². The van der Waals surface area contributed by atoms with Crippen LogP contribution in [0.4, 0.5) is 0 Å². The Morgan fingerprint density at radius 1 is 1.18 bits per heavy atom. The molecule has 1 rings (SSSR count). The summed E-state index contributed by atoms with van der Waals surface area (Å²) < 4.78 is 4.73. The van der Waals surface area contributed by atoms with Crippen LogP contribution in [0.3, 0.4) is 0 Å². The van der Waals surface area contributed by atoms with Crippen molar-refractivity contribution in [1.82, 2.24) is 0 Å². The normalized spacial score (nSPS) is 12.3. The minimum Gasteiger partial charge on any atom is -0.466 e. The number of nitrogens with two attached hydrogens (primary N) is 1. The molecular formula is C16H21NO5. The summed E-state index contributed by atoms with van der Waals surface area (Å²) in [4.78, 5) is 23.0. The number of methoxy groups -OCH3 is 1. The number of esters is 1. The molecule has 0 unspecified atom stereocenters. The minimum absolute atomic E-state index is 0.164. The second-order valence-corrected chi connectivity index (χ2v) is 5.19. The first kappa shape index (κ1) is 17.9. The van der Waals surface area contributed by atoms with E-state index in [0.717, 1.165) is 5.56 Å². The summed E-state index contributed by atoms with van der Waals surface area (Å²) in [5.41, 5.74) is 6.67. The lowest BCUT2D eigenvalue weighted by Gasteiger charge is -2.19. The van der Waals surface area contributed by atoms with Gasteiger partial charge in [-0.2, -0.15) is 0 Å². The van der Waals surface area contributed by atoms with Crippen LogP contribution in [0, 0.1) is 5.92 Å². The molecule has 0 bridgehead atoms. The summed E-state index contributed by atoms with van der Waals surface area (Å²) >= 11 is 0. The zero-order chi connectivity index (χ0) is 16.9. The Bertz CT molecular complexity index is 563. The monoisotopic (exact) mass is 307 g/mol. The third kappa shape index (κ3) is 4.41. The van der Waals surface area contributed by atoms with E-state index in [2.05, 4.69) is 0 Å². The van der Waals surface area contributed by atoms with Gasteiger partial charge in [0, 0.05) is 17.6 Å². The lowest BCUT2D eigenvalue weighted by atomic mass is 9.92. The highest BCUT2D eigenvalue weighted by molar-refractivity contribution is 5.93. The van der Waals surface area contributed by atoms with Gasteiger partial charge < -0.3 is 20.7 Å². The first-order valence-electron chi connectivity index (χ1n) is 6.84. The van der Waals surface area contributed by atoms with Crippen LogP contribution in [0.1, 0.15) is 29.8 Å². The van der Waals surface area contributed by atoms with Crippen molar-refractivity contribution in [2.75, 3.05) is 7.11 Å². The summed E-state index contributed by atoms with van der Waals surface area (Å²) in [7, 11) is 1.24. The Labute approximate surface area is 129 Å². The number of amides is 1. The van der Waals surface area contributed by atoms with Gasteiger partial charge in [0.25, 0.3) is 0 Å². The third-order valence-electron chi connectivity index (χ3n) is 3.30. The number of aliphatic hydroxyl groups is 2. The molecule has 6 heteroatoms. The highest BCUT2D eigenvalue weighted by Gasteiger charge is 2.23. The predicted octanol–water partition coefficient (Wildman–Crippen LogP) is 0.764. The van der Waals surface area contributed by atoms with Gasteiger partial charge in [0.15, 0.2) is 6.29 Å². The molecule has 0 aliphatic rings. The Morgan fingerprint density at radius 3 is 2.09 bits per heavy atom. The van der Waals surface area contributed by atoms with E-state index in [1.807, 2.05) is 0 Å². The van der Waals surface area contributed by atoms with Crippen LogP contribution in [0.25, 0.3) is 0 Å². The van der Waals surface area contributed by atoms with Gasteiger partial charge in [-0.1, -0.05) is 26.0 Å². The fraction of sp³-hybridized carbons (Fsp3) is 0.375. The predicted molar refractivity (Wildman–Crippen MR) is 80.8 cm³/mol. The summed E-state index contributed by atoms with van der Waals surface area (Å²) in [6, 6.07) is 6.42. The van der Waals surface area contributed by atoms with Crippen molar-refractivity contribution in [3.8, 4) is 0 Å². The van der Waals surface area contributed by atoms with Crippen molar-refractivity contribution in [3.05, 3.63) is 46.5 Å². The molecule has 120 valence electrons. The second-order valence-electron chi connectivity index (χ2n) is 5.19. The van der Waals surface area contributed by atoms with Crippen molar-refractivity contribution in [3.63, 3.8) is 0 Å². The quantitative estimate of drug-likeness (QED) is 0.408. The van der Waals surface area contributed by atoms with Gasteiger partial charge in [-0.3, -0.25) is 4.79 Å².